The van der Waals surface area contributed by atoms with Gasteiger partial charge in [0, 0.05) is 26.2 Å². The van der Waals surface area contributed by atoms with E-state index in [1.54, 1.807) is 11.3 Å². The Kier molecular flexibility index (Phi) is 11.1. The van der Waals surface area contributed by atoms with E-state index < -0.39 is 0 Å². The van der Waals surface area contributed by atoms with Crippen molar-refractivity contribution in [3.63, 3.8) is 0 Å². The maximum atomic E-state index is 4.28. The first-order valence-electron chi connectivity index (χ1n) is 7.15. The molecule has 1 aromatic heterocycles. The van der Waals surface area contributed by atoms with Gasteiger partial charge in [0.1, 0.15) is 0 Å². The molecule has 21 heavy (non-hydrogen) atoms. The highest BCUT2D eigenvalue weighted by Crippen LogP contribution is 2.08. The van der Waals surface area contributed by atoms with Gasteiger partial charge < -0.3 is 15.5 Å². The van der Waals surface area contributed by atoms with E-state index in [1.165, 1.54) is 12.0 Å². The van der Waals surface area contributed by atoms with Gasteiger partial charge in [0.15, 0.2) is 5.96 Å². The summed E-state index contributed by atoms with van der Waals surface area (Å²) in [6, 6.07) is 2.65. The van der Waals surface area contributed by atoms with Crippen molar-refractivity contribution in [3.8, 4) is 0 Å². The molecule has 0 aromatic carbocycles. The average molecular weight is 424 g/mol. The van der Waals surface area contributed by atoms with Crippen LogP contribution < -0.4 is 10.6 Å². The monoisotopic (exact) mass is 424 g/mol. The topological polar surface area (TPSA) is 39.7 Å². The molecule has 0 aliphatic heterocycles. The molecule has 0 radical (unpaired) electrons. The first-order chi connectivity index (χ1) is 9.52. The van der Waals surface area contributed by atoms with Crippen molar-refractivity contribution in [1.82, 2.24) is 15.5 Å². The number of hydrogen-bond acceptors (Lipinski definition) is 3. The summed E-state index contributed by atoms with van der Waals surface area (Å²) in [6.45, 7) is 6.26. The number of nitrogens with zero attached hydrogens (tertiary/aromatic N) is 2. The summed E-state index contributed by atoms with van der Waals surface area (Å²) < 4.78 is 0. The van der Waals surface area contributed by atoms with Crippen molar-refractivity contribution in [2.45, 2.75) is 32.9 Å². The van der Waals surface area contributed by atoms with Crippen molar-refractivity contribution < 1.29 is 0 Å². The second kappa shape index (κ2) is 11.3. The van der Waals surface area contributed by atoms with Crippen LogP contribution in [0.15, 0.2) is 21.8 Å². The normalized spacial score (nSPS) is 13.2. The third-order valence-electron chi connectivity index (χ3n) is 3.24. The van der Waals surface area contributed by atoms with E-state index in [0.29, 0.717) is 12.0 Å². The molecular weight excluding hydrogens is 395 g/mol. The molecule has 0 bridgehead atoms. The van der Waals surface area contributed by atoms with Crippen LogP contribution in [0.5, 0.6) is 0 Å². The van der Waals surface area contributed by atoms with E-state index in [2.05, 4.69) is 65.3 Å². The maximum absolute atomic E-state index is 4.28. The highest BCUT2D eigenvalue weighted by atomic mass is 127. The smallest absolute Gasteiger partial charge is 0.191 e. The van der Waals surface area contributed by atoms with E-state index in [4.69, 9.17) is 0 Å². The van der Waals surface area contributed by atoms with Crippen molar-refractivity contribution in [1.29, 1.82) is 0 Å². The number of likely N-dealkylation sites (N-methyl/N-ethyl adjacent to an activating group) is 1. The van der Waals surface area contributed by atoms with Gasteiger partial charge in [0.05, 0.1) is 0 Å². The van der Waals surface area contributed by atoms with Crippen LogP contribution >= 0.6 is 35.3 Å². The Bertz CT molecular complexity index is 390. The number of hydrogen-bond donors (Lipinski definition) is 2. The largest absolute Gasteiger partial charge is 0.355 e. The van der Waals surface area contributed by atoms with E-state index in [9.17, 15) is 0 Å². The quantitative estimate of drug-likeness (QED) is 0.402. The predicted octanol–water partition coefficient (Wildman–Crippen LogP) is 3.01. The first-order valence-corrected chi connectivity index (χ1v) is 8.09. The van der Waals surface area contributed by atoms with Gasteiger partial charge in [-0.1, -0.05) is 13.8 Å². The summed E-state index contributed by atoms with van der Waals surface area (Å²) in [4.78, 5) is 6.55. The summed E-state index contributed by atoms with van der Waals surface area (Å²) in [6.07, 6.45) is 1.18. The molecule has 0 spiro atoms. The van der Waals surface area contributed by atoms with Gasteiger partial charge in [-0.2, -0.15) is 11.3 Å². The molecule has 1 heterocycles. The van der Waals surface area contributed by atoms with Gasteiger partial charge in [-0.05, 0) is 48.8 Å². The summed E-state index contributed by atoms with van der Waals surface area (Å²) in [7, 11) is 6.09. The van der Waals surface area contributed by atoms with Crippen LogP contribution in [0, 0.1) is 5.92 Å². The lowest BCUT2D eigenvalue weighted by atomic mass is 10.0. The van der Waals surface area contributed by atoms with Gasteiger partial charge in [-0.3, -0.25) is 4.99 Å². The summed E-state index contributed by atoms with van der Waals surface area (Å²) in [5.41, 5.74) is 1.30. The molecule has 1 atom stereocenters. The fraction of sp³-hybridized carbons (Fsp3) is 0.667. The Morgan fingerprint density at radius 3 is 2.52 bits per heavy atom. The molecule has 0 saturated carbocycles. The number of aliphatic imine (C=N–C) groups is 1. The molecule has 1 rings (SSSR count). The van der Waals surface area contributed by atoms with Crippen LogP contribution in [0.1, 0.15) is 25.8 Å². The molecule has 2 N–H and O–H groups in total. The van der Waals surface area contributed by atoms with Gasteiger partial charge in [-0.15, -0.1) is 24.0 Å². The SMILES string of the molecule is CN=C(NCc1ccsc1)NCC(CC(C)C)N(C)C.I. The lowest BCUT2D eigenvalue weighted by molar-refractivity contribution is 0.254. The second-order valence-corrected chi connectivity index (χ2v) is 6.47. The Morgan fingerprint density at radius 2 is 2.05 bits per heavy atom. The molecule has 0 amide bonds. The molecule has 0 aliphatic carbocycles. The zero-order valence-electron chi connectivity index (χ0n) is 13.7. The lowest BCUT2D eigenvalue weighted by Gasteiger charge is -2.27. The minimum atomic E-state index is 0. The van der Waals surface area contributed by atoms with Crippen LogP contribution in [0.3, 0.4) is 0 Å². The van der Waals surface area contributed by atoms with E-state index in [1.807, 2.05) is 7.05 Å². The van der Waals surface area contributed by atoms with Crippen LogP contribution in [-0.4, -0.2) is 44.6 Å². The fourth-order valence-electron chi connectivity index (χ4n) is 2.03. The molecule has 1 unspecified atom stereocenters. The van der Waals surface area contributed by atoms with Crippen LogP contribution in [0.4, 0.5) is 0 Å². The lowest BCUT2D eigenvalue weighted by Crippen LogP contribution is -2.45. The highest BCUT2D eigenvalue weighted by molar-refractivity contribution is 14.0. The Morgan fingerprint density at radius 1 is 1.33 bits per heavy atom. The zero-order chi connectivity index (χ0) is 15.0. The van der Waals surface area contributed by atoms with Crippen molar-refractivity contribution in [3.05, 3.63) is 22.4 Å². The molecule has 0 saturated heterocycles. The van der Waals surface area contributed by atoms with Gasteiger partial charge in [0.2, 0.25) is 0 Å². The Labute approximate surface area is 150 Å². The third kappa shape index (κ3) is 8.63. The number of rotatable bonds is 7. The van der Waals surface area contributed by atoms with Crippen LogP contribution in [0.25, 0.3) is 0 Å². The van der Waals surface area contributed by atoms with E-state index in [0.717, 1.165) is 19.0 Å². The minimum Gasteiger partial charge on any atom is -0.355 e. The van der Waals surface area contributed by atoms with Crippen molar-refractivity contribution in [2.24, 2.45) is 10.9 Å². The summed E-state index contributed by atoms with van der Waals surface area (Å²) in [5, 5.41) is 11.0. The minimum absolute atomic E-state index is 0. The Hall–Kier alpha value is -0.340. The standard InChI is InChI=1S/C15H28N4S.HI/c1-12(2)8-14(19(4)5)10-18-15(16-3)17-9-13-6-7-20-11-13;/h6-7,11-12,14H,8-10H2,1-5H3,(H2,16,17,18);1H. The van der Waals surface area contributed by atoms with Crippen molar-refractivity contribution >= 4 is 41.3 Å². The summed E-state index contributed by atoms with van der Waals surface area (Å²) in [5.74, 6) is 1.57. The Balaban J connectivity index is 0.00000400. The predicted molar refractivity (Wildman–Crippen MR) is 105 cm³/mol. The average Bonchev–Trinajstić information content (AvgIpc) is 2.89. The molecule has 1 aromatic rings. The number of nitrogens with one attached hydrogen (secondary N) is 2. The van der Waals surface area contributed by atoms with Gasteiger partial charge >= 0.3 is 0 Å². The van der Waals surface area contributed by atoms with Crippen LogP contribution in [-0.2, 0) is 6.54 Å². The molecule has 6 heteroatoms. The molecule has 4 nitrogen and oxygen atoms in total. The van der Waals surface area contributed by atoms with E-state index >= 15 is 0 Å². The number of halogens is 1. The van der Waals surface area contributed by atoms with Gasteiger partial charge in [0.25, 0.3) is 0 Å². The van der Waals surface area contributed by atoms with Crippen molar-refractivity contribution in [2.75, 3.05) is 27.7 Å². The zero-order valence-corrected chi connectivity index (χ0v) is 16.9. The number of thiophene rings is 1. The fourth-order valence-corrected chi connectivity index (χ4v) is 2.70. The third-order valence-corrected chi connectivity index (χ3v) is 3.97. The number of guanidine groups is 1. The second-order valence-electron chi connectivity index (χ2n) is 5.69. The summed E-state index contributed by atoms with van der Waals surface area (Å²) >= 11 is 1.72. The maximum Gasteiger partial charge on any atom is 0.191 e. The molecular formula is C15H29IN4S. The molecule has 0 aliphatic rings. The molecule has 122 valence electrons. The van der Waals surface area contributed by atoms with Gasteiger partial charge in [-0.25, -0.2) is 0 Å². The van der Waals surface area contributed by atoms with E-state index in [-0.39, 0.29) is 24.0 Å². The molecule has 0 fully saturated rings. The highest BCUT2D eigenvalue weighted by Gasteiger charge is 2.13. The first kappa shape index (κ1) is 20.7. The van der Waals surface area contributed by atoms with Crippen LogP contribution in [0.2, 0.25) is 0 Å².